The summed E-state index contributed by atoms with van der Waals surface area (Å²) in [6.07, 6.45) is 1.06. The highest BCUT2D eigenvalue weighted by atomic mass is 32.1. The van der Waals surface area contributed by atoms with Gasteiger partial charge in [-0.25, -0.2) is 9.97 Å². The molecule has 2 heterocycles. The first-order chi connectivity index (χ1) is 13.7. The highest BCUT2D eigenvalue weighted by molar-refractivity contribution is 7.21. The van der Waals surface area contributed by atoms with Crippen LogP contribution < -0.4 is 5.32 Å². The van der Waals surface area contributed by atoms with E-state index in [1.54, 1.807) is 11.3 Å². The van der Waals surface area contributed by atoms with Crippen molar-refractivity contribution < 1.29 is 0 Å². The Labute approximate surface area is 169 Å². The lowest BCUT2D eigenvalue weighted by atomic mass is 10.2. The lowest BCUT2D eigenvalue weighted by Crippen LogP contribution is -2.16. The summed E-state index contributed by atoms with van der Waals surface area (Å²) in [4.78, 5) is 14.2. The van der Waals surface area contributed by atoms with Gasteiger partial charge in [0, 0.05) is 17.0 Å². The number of nitrogens with one attached hydrogen (secondary N) is 1. The van der Waals surface area contributed by atoms with E-state index in [9.17, 15) is 0 Å². The van der Waals surface area contributed by atoms with Crippen molar-refractivity contribution in [2.75, 3.05) is 32.5 Å². The van der Waals surface area contributed by atoms with Crippen molar-refractivity contribution in [3.8, 4) is 21.8 Å². The smallest absolute Gasteiger partial charge is 0.163 e. The van der Waals surface area contributed by atoms with Crippen LogP contribution in [-0.2, 0) is 0 Å². The third kappa shape index (κ3) is 4.21. The van der Waals surface area contributed by atoms with Gasteiger partial charge in [0.05, 0.1) is 5.39 Å². The van der Waals surface area contributed by atoms with Gasteiger partial charge in [0.1, 0.15) is 10.6 Å². The molecule has 4 aromatic rings. The molecule has 0 bridgehead atoms. The van der Waals surface area contributed by atoms with E-state index in [0.29, 0.717) is 0 Å². The number of benzene rings is 2. The van der Waals surface area contributed by atoms with Crippen LogP contribution >= 0.6 is 11.3 Å². The molecule has 0 amide bonds. The number of hydrogen-bond acceptors (Lipinski definition) is 5. The summed E-state index contributed by atoms with van der Waals surface area (Å²) in [7, 11) is 4.20. The minimum Gasteiger partial charge on any atom is -0.369 e. The zero-order valence-electron chi connectivity index (χ0n) is 16.2. The fourth-order valence-electron chi connectivity index (χ4n) is 3.12. The number of hydrogen-bond donors (Lipinski definition) is 1. The minimum absolute atomic E-state index is 0.768. The van der Waals surface area contributed by atoms with E-state index in [1.807, 2.05) is 24.3 Å². The van der Waals surface area contributed by atoms with Gasteiger partial charge in [-0.05, 0) is 38.7 Å². The van der Waals surface area contributed by atoms with Gasteiger partial charge in [0.15, 0.2) is 5.82 Å². The first-order valence-electron chi connectivity index (χ1n) is 9.52. The Balaban J connectivity index is 1.73. The second-order valence-electron chi connectivity index (χ2n) is 7.04. The summed E-state index contributed by atoms with van der Waals surface area (Å²) in [5.74, 6) is 1.69. The molecular formula is C23H24N4S. The molecule has 4 rings (SSSR count). The van der Waals surface area contributed by atoms with Crippen molar-refractivity contribution in [2.24, 2.45) is 0 Å². The van der Waals surface area contributed by atoms with Crippen LogP contribution in [0.5, 0.6) is 0 Å². The van der Waals surface area contributed by atoms with E-state index in [1.165, 1.54) is 10.4 Å². The zero-order chi connectivity index (χ0) is 19.3. The SMILES string of the molecule is CN(C)CCCNc1nc(-c2ccccc2)nc2sc(-c3ccccc3)cc12. The molecular weight excluding hydrogens is 364 g/mol. The fraction of sp³-hybridized carbons (Fsp3) is 0.217. The first kappa shape index (κ1) is 18.6. The average Bonchev–Trinajstić information content (AvgIpc) is 3.16. The average molecular weight is 389 g/mol. The molecule has 5 heteroatoms. The number of aromatic nitrogens is 2. The van der Waals surface area contributed by atoms with Gasteiger partial charge in [0.2, 0.25) is 0 Å². The van der Waals surface area contributed by atoms with Crippen LogP contribution in [0.4, 0.5) is 5.82 Å². The molecule has 4 nitrogen and oxygen atoms in total. The highest BCUT2D eigenvalue weighted by Crippen LogP contribution is 2.36. The topological polar surface area (TPSA) is 41.0 Å². The van der Waals surface area contributed by atoms with Gasteiger partial charge in [-0.3, -0.25) is 0 Å². The van der Waals surface area contributed by atoms with Crippen molar-refractivity contribution in [1.29, 1.82) is 0 Å². The number of thiophene rings is 1. The van der Waals surface area contributed by atoms with Crippen LogP contribution in [0.2, 0.25) is 0 Å². The lowest BCUT2D eigenvalue weighted by Gasteiger charge is -2.11. The molecule has 0 atom stereocenters. The quantitative estimate of drug-likeness (QED) is 0.431. The van der Waals surface area contributed by atoms with Crippen molar-refractivity contribution >= 4 is 27.4 Å². The highest BCUT2D eigenvalue weighted by Gasteiger charge is 2.13. The predicted molar refractivity (Wildman–Crippen MR) is 120 cm³/mol. The molecule has 2 aromatic carbocycles. The molecule has 0 aliphatic rings. The van der Waals surface area contributed by atoms with Gasteiger partial charge in [-0.2, -0.15) is 0 Å². The molecule has 0 radical (unpaired) electrons. The van der Waals surface area contributed by atoms with Crippen molar-refractivity contribution in [3.63, 3.8) is 0 Å². The Morgan fingerprint density at radius 1 is 0.893 bits per heavy atom. The molecule has 0 unspecified atom stereocenters. The maximum atomic E-state index is 4.87. The molecule has 0 spiro atoms. The summed E-state index contributed by atoms with van der Waals surface area (Å²) >= 11 is 1.72. The van der Waals surface area contributed by atoms with Crippen molar-refractivity contribution in [3.05, 3.63) is 66.7 Å². The van der Waals surface area contributed by atoms with Crippen LogP contribution in [0.3, 0.4) is 0 Å². The van der Waals surface area contributed by atoms with Gasteiger partial charge < -0.3 is 10.2 Å². The maximum Gasteiger partial charge on any atom is 0.163 e. The summed E-state index contributed by atoms with van der Waals surface area (Å²) in [6.45, 7) is 1.93. The van der Waals surface area contributed by atoms with Crippen LogP contribution in [0.1, 0.15) is 6.42 Å². The number of nitrogens with zero attached hydrogens (tertiary/aromatic N) is 3. The second-order valence-corrected chi connectivity index (χ2v) is 8.07. The molecule has 0 fully saturated rings. The Kier molecular flexibility index (Phi) is 5.65. The summed E-state index contributed by atoms with van der Waals surface area (Å²) in [6, 6.07) is 22.9. The third-order valence-electron chi connectivity index (χ3n) is 4.56. The van der Waals surface area contributed by atoms with Crippen molar-refractivity contribution in [1.82, 2.24) is 14.9 Å². The molecule has 142 valence electrons. The lowest BCUT2D eigenvalue weighted by molar-refractivity contribution is 0.405. The van der Waals surface area contributed by atoms with Crippen LogP contribution in [0.25, 0.3) is 32.0 Å². The Hall–Kier alpha value is -2.76. The molecule has 28 heavy (non-hydrogen) atoms. The molecule has 0 aliphatic heterocycles. The van der Waals surface area contributed by atoms with Gasteiger partial charge in [-0.1, -0.05) is 60.7 Å². The number of rotatable bonds is 7. The minimum atomic E-state index is 0.768. The number of fused-ring (bicyclic) bond motifs is 1. The molecule has 0 saturated heterocycles. The normalized spacial score (nSPS) is 11.2. The van der Waals surface area contributed by atoms with E-state index < -0.39 is 0 Å². The fourth-order valence-corrected chi connectivity index (χ4v) is 4.16. The second kappa shape index (κ2) is 8.50. The van der Waals surface area contributed by atoms with Crippen molar-refractivity contribution in [2.45, 2.75) is 6.42 Å². The summed E-state index contributed by atoms with van der Waals surface area (Å²) in [5, 5.41) is 4.64. The Morgan fingerprint density at radius 2 is 1.57 bits per heavy atom. The van der Waals surface area contributed by atoms with E-state index in [-0.39, 0.29) is 0 Å². The maximum absolute atomic E-state index is 4.87. The van der Waals surface area contributed by atoms with Crippen LogP contribution in [0.15, 0.2) is 66.7 Å². The first-order valence-corrected chi connectivity index (χ1v) is 10.3. The largest absolute Gasteiger partial charge is 0.369 e. The predicted octanol–water partition coefficient (Wildman–Crippen LogP) is 5.39. The van der Waals surface area contributed by atoms with E-state index in [4.69, 9.17) is 9.97 Å². The number of anilines is 1. The van der Waals surface area contributed by atoms with Gasteiger partial charge in [-0.15, -0.1) is 11.3 Å². The molecule has 1 N–H and O–H groups in total. The Morgan fingerprint density at radius 3 is 2.25 bits per heavy atom. The molecule has 0 aliphatic carbocycles. The summed E-state index contributed by atoms with van der Waals surface area (Å²) < 4.78 is 0. The van der Waals surface area contributed by atoms with Crippen LogP contribution in [-0.4, -0.2) is 42.1 Å². The van der Waals surface area contributed by atoms with E-state index >= 15 is 0 Å². The van der Waals surface area contributed by atoms with Crippen LogP contribution in [0, 0.1) is 0 Å². The molecule has 2 aromatic heterocycles. The summed E-state index contributed by atoms with van der Waals surface area (Å²) in [5.41, 5.74) is 2.25. The molecule has 0 saturated carbocycles. The van der Waals surface area contributed by atoms with Gasteiger partial charge in [0.25, 0.3) is 0 Å². The Bertz CT molecular complexity index is 1040. The third-order valence-corrected chi connectivity index (χ3v) is 5.64. The van der Waals surface area contributed by atoms with Gasteiger partial charge >= 0.3 is 0 Å². The zero-order valence-corrected chi connectivity index (χ0v) is 17.0. The van der Waals surface area contributed by atoms with E-state index in [0.717, 1.165) is 46.9 Å². The standard InChI is InChI=1S/C23H24N4S/c1-27(2)15-9-14-24-22-19-16-20(17-10-5-3-6-11-17)28-23(19)26-21(25-22)18-12-7-4-8-13-18/h3-8,10-13,16H,9,14-15H2,1-2H3,(H,24,25,26). The van der Waals surface area contributed by atoms with E-state index in [2.05, 4.69) is 66.8 Å². The monoisotopic (exact) mass is 388 g/mol.